The molecule has 0 saturated carbocycles. The van der Waals surface area contributed by atoms with Crippen molar-refractivity contribution in [2.45, 2.75) is 74.8 Å². The SMILES string of the molecule is [2H]C([2H])([2H])c1c[c-]c(-c2cc(C([2H])([2H])C(C)(C)C)c(C([2H])([2H])[2H])cn2)cc1-c1ccccc1.[2H]C([2H])([2H])c1c[c-]c(-c2cc(C([2H])([2H])C(C)(C)C)ccn2)c2oc3c4ccccc4ccc3c12.[Ir]. The van der Waals surface area contributed by atoms with Gasteiger partial charge in [0, 0.05) is 61.1 Å². The second kappa shape index (κ2) is 16.1. The van der Waals surface area contributed by atoms with Gasteiger partial charge in [-0.1, -0.05) is 162 Å². The van der Waals surface area contributed by atoms with Gasteiger partial charge in [-0.15, -0.1) is 47.0 Å². The Morgan fingerprint density at radius 1 is 0.673 bits per heavy atom. The maximum atomic E-state index is 8.70. The molecule has 0 bridgehead atoms. The molecule has 3 heterocycles. The van der Waals surface area contributed by atoms with Crippen LogP contribution in [0.3, 0.4) is 0 Å². The van der Waals surface area contributed by atoms with Crippen molar-refractivity contribution >= 4 is 32.7 Å². The van der Waals surface area contributed by atoms with Crippen molar-refractivity contribution in [2.75, 3.05) is 0 Å². The molecular formula is C51H50IrN2O-2. The average Bonchev–Trinajstić information content (AvgIpc) is 3.65. The van der Waals surface area contributed by atoms with Gasteiger partial charge in [0.2, 0.25) is 0 Å². The van der Waals surface area contributed by atoms with Crippen molar-refractivity contribution in [1.29, 1.82) is 0 Å². The molecule has 0 N–H and O–H groups in total. The van der Waals surface area contributed by atoms with Crippen LogP contribution in [0.25, 0.3) is 66.4 Å². The molecule has 0 saturated heterocycles. The van der Waals surface area contributed by atoms with Crippen molar-refractivity contribution in [3.63, 3.8) is 0 Å². The Kier molecular flexibility index (Phi) is 7.61. The fourth-order valence-corrected chi connectivity index (χ4v) is 6.42. The summed E-state index contributed by atoms with van der Waals surface area (Å²) < 4.78 is 113. The maximum absolute atomic E-state index is 8.70. The van der Waals surface area contributed by atoms with Crippen molar-refractivity contribution in [2.24, 2.45) is 10.8 Å². The Bertz CT molecular complexity index is 3120. The van der Waals surface area contributed by atoms with E-state index in [1.807, 2.05) is 87.5 Å². The second-order valence-electron chi connectivity index (χ2n) is 15.4. The molecule has 0 amide bonds. The van der Waals surface area contributed by atoms with E-state index < -0.39 is 44.1 Å². The van der Waals surface area contributed by atoms with Crippen LogP contribution in [-0.4, -0.2) is 9.97 Å². The molecule has 0 spiro atoms. The number of furan rings is 1. The van der Waals surface area contributed by atoms with Gasteiger partial charge in [-0.05, 0) is 64.4 Å². The molecule has 8 aromatic rings. The molecule has 8 rings (SSSR count). The number of nitrogens with zero attached hydrogens (tertiary/aromatic N) is 2. The van der Waals surface area contributed by atoms with E-state index in [1.54, 1.807) is 45.2 Å². The van der Waals surface area contributed by atoms with Gasteiger partial charge in [-0.2, -0.15) is 0 Å². The summed E-state index contributed by atoms with van der Waals surface area (Å²) in [7, 11) is 0. The summed E-state index contributed by atoms with van der Waals surface area (Å²) in [5.74, 6) is 0. The monoisotopic (exact) mass is 912 g/mol. The van der Waals surface area contributed by atoms with Crippen LogP contribution in [-0.2, 0) is 32.9 Å². The van der Waals surface area contributed by atoms with Gasteiger partial charge in [0.25, 0.3) is 0 Å². The van der Waals surface area contributed by atoms with Gasteiger partial charge < -0.3 is 14.4 Å². The molecule has 1 radical (unpaired) electrons. The van der Waals surface area contributed by atoms with E-state index in [0.717, 1.165) is 16.2 Å². The van der Waals surface area contributed by atoms with Crippen LogP contribution in [0.2, 0.25) is 0 Å². The fraction of sp³-hybridized carbons (Fsp3) is 0.255. The largest absolute Gasteiger partial charge is 0.500 e. The zero-order chi connectivity index (χ0) is 49.3. The molecule has 55 heavy (non-hydrogen) atoms. The summed E-state index contributed by atoms with van der Waals surface area (Å²) in [6, 6.07) is 36.2. The van der Waals surface area contributed by atoms with Crippen molar-refractivity contribution in [1.82, 2.24) is 9.97 Å². The molecule has 5 aromatic carbocycles. The third-order valence-corrected chi connectivity index (χ3v) is 8.70. The zero-order valence-electron chi connectivity index (χ0n) is 44.6. The fourth-order valence-electron chi connectivity index (χ4n) is 6.42. The number of aryl methyl sites for hydroxylation is 3. The predicted octanol–water partition coefficient (Wildman–Crippen LogP) is 13.9. The van der Waals surface area contributed by atoms with Gasteiger partial charge in [-0.25, -0.2) is 0 Å². The molecular weight excluding hydrogens is 849 g/mol. The van der Waals surface area contributed by atoms with Crippen molar-refractivity contribution in [3.05, 3.63) is 155 Å². The minimum absolute atomic E-state index is 0. The summed E-state index contributed by atoms with van der Waals surface area (Å²) >= 11 is 0. The standard InChI is InChI=1S/C27H24NO.C24H26N.Ir/c1-17-9-11-21(23-15-18(13-14-28-23)16-27(2,3)4)26-24(17)22-12-10-19-7-5-6-8-20(19)25(22)29-26;1-17-11-12-20(13-22(17)19-9-7-6-8-10-19)23-14-21(15-24(3,4)5)18(2)16-25-23;/h5-10,12-15H,16H2,1-4H3;6-11,13-14,16H,15H2,1-5H3;/q2*-1;/i1D3,16D2;1D3,2D3,15D2;. The Balaban J connectivity index is 0.000000221. The topological polar surface area (TPSA) is 38.9 Å². The molecule has 0 aliphatic carbocycles. The van der Waals surface area contributed by atoms with Crippen molar-refractivity contribution in [3.8, 4) is 33.6 Å². The number of fused-ring (bicyclic) bond motifs is 5. The van der Waals surface area contributed by atoms with E-state index in [9.17, 15) is 0 Å². The summed E-state index contributed by atoms with van der Waals surface area (Å²) in [5, 5.41) is 3.12. The first kappa shape index (κ1) is 26.1. The molecule has 0 fully saturated rings. The second-order valence-corrected chi connectivity index (χ2v) is 15.4. The van der Waals surface area contributed by atoms with Crippen LogP contribution in [0.4, 0.5) is 0 Å². The Morgan fingerprint density at radius 2 is 1.40 bits per heavy atom. The number of benzene rings is 5. The predicted molar refractivity (Wildman–Crippen MR) is 228 cm³/mol. The van der Waals surface area contributed by atoms with E-state index in [0.29, 0.717) is 55.8 Å². The zero-order valence-corrected chi connectivity index (χ0v) is 34.0. The Morgan fingerprint density at radius 3 is 2.15 bits per heavy atom. The smallest absolute Gasteiger partial charge is 0.128 e. The van der Waals surface area contributed by atoms with Gasteiger partial charge in [-0.3, -0.25) is 0 Å². The molecule has 4 heteroatoms. The normalized spacial score (nSPS) is 16.4. The molecule has 0 unspecified atom stereocenters. The van der Waals surface area contributed by atoms with Gasteiger partial charge in [0.1, 0.15) is 5.58 Å². The first-order valence-electron chi connectivity index (χ1n) is 24.3. The minimum Gasteiger partial charge on any atom is -0.500 e. The summed E-state index contributed by atoms with van der Waals surface area (Å²) in [6.07, 6.45) is -0.805. The molecule has 3 nitrogen and oxygen atoms in total. The molecule has 0 atom stereocenters. The van der Waals surface area contributed by atoms with Gasteiger partial charge in [0.15, 0.2) is 0 Å². The quantitative estimate of drug-likeness (QED) is 0.162. The van der Waals surface area contributed by atoms with E-state index in [2.05, 4.69) is 22.1 Å². The van der Waals surface area contributed by atoms with Crippen LogP contribution >= 0.6 is 0 Å². The van der Waals surface area contributed by atoms with Crippen LogP contribution in [0, 0.1) is 43.5 Å². The van der Waals surface area contributed by atoms with Gasteiger partial charge in [0.05, 0.1) is 5.58 Å². The molecule has 281 valence electrons. The average molecular weight is 912 g/mol. The van der Waals surface area contributed by atoms with Gasteiger partial charge >= 0.3 is 0 Å². The summed E-state index contributed by atoms with van der Waals surface area (Å²) in [4.78, 5) is 8.78. The van der Waals surface area contributed by atoms with Crippen LogP contribution < -0.4 is 0 Å². The summed E-state index contributed by atoms with van der Waals surface area (Å²) in [6.45, 7) is 3.45. The summed E-state index contributed by atoms with van der Waals surface area (Å²) in [5.41, 5.74) is 3.15. The number of aromatic nitrogens is 2. The first-order chi connectivity index (χ1) is 30.9. The number of rotatable bonds is 5. The van der Waals surface area contributed by atoms with Crippen LogP contribution in [0.5, 0.6) is 0 Å². The molecule has 3 aromatic heterocycles. The third-order valence-electron chi connectivity index (χ3n) is 8.70. The van der Waals surface area contributed by atoms with Crippen LogP contribution in [0.1, 0.15) is 87.2 Å². The van der Waals surface area contributed by atoms with E-state index >= 15 is 0 Å². The van der Waals surface area contributed by atoms with E-state index in [1.165, 1.54) is 24.4 Å². The van der Waals surface area contributed by atoms with Crippen LogP contribution in [0.15, 0.2) is 120 Å². The Hall–Kier alpha value is -4.89. The first-order valence-corrected chi connectivity index (χ1v) is 17.8. The maximum Gasteiger partial charge on any atom is 0.128 e. The van der Waals surface area contributed by atoms with Crippen molar-refractivity contribution < 1.29 is 42.3 Å². The third kappa shape index (κ3) is 8.99. The minimum atomic E-state index is -2.54. The molecule has 0 aliphatic rings. The van der Waals surface area contributed by atoms with E-state index in [-0.39, 0.29) is 42.4 Å². The number of hydrogen-bond acceptors (Lipinski definition) is 3. The van der Waals surface area contributed by atoms with E-state index in [4.69, 9.17) is 22.2 Å². The number of hydrogen-bond donors (Lipinski definition) is 0. The number of pyridine rings is 2. The molecule has 0 aliphatic heterocycles. The Labute approximate surface area is 358 Å².